The van der Waals surface area contributed by atoms with Crippen LogP contribution < -0.4 is 5.32 Å². The average molecular weight is 260 g/mol. The van der Waals surface area contributed by atoms with Crippen LogP contribution >= 0.6 is 0 Å². The molecule has 1 heterocycles. The minimum atomic E-state index is 0.258. The third kappa shape index (κ3) is 3.18. The number of rotatable bonds is 2. The Bertz CT molecular complexity index is 405. The third-order valence-corrected chi connectivity index (χ3v) is 4.15. The fraction of sp³-hybridized carbons (Fsp3) is 0.647. The lowest BCUT2D eigenvalue weighted by Gasteiger charge is -2.43. The van der Waals surface area contributed by atoms with E-state index >= 15 is 0 Å². The summed E-state index contributed by atoms with van der Waals surface area (Å²) in [4.78, 5) is 2.66. The zero-order chi connectivity index (χ0) is 14.0. The van der Waals surface area contributed by atoms with E-state index in [0.29, 0.717) is 6.04 Å². The highest BCUT2D eigenvalue weighted by atomic mass is 15.2. The topological polar surface area (TPSA) is 15.3 Å². The Balaban J connectivity index is 2.43. The summed E-state index contributed by atoms with van der Waals surface area (Å²) in [7, 11) is 0. The highest BCUT2D eigenvalue weighted by Gasteiger charge is 2.34. The lowest BCUT2D eigenvalue weighted by atomic mass is 9.78. The SMILES string of the molecule is Cc1cccc(C)c1[C@H](N1CCNCC1)C(C)(C)C. The van der Waals surface area contributed by atoms with Crippen LogP contribution in [0.15, 0.2) is 18.2 Å². The number of piperazine rings is 1. The van der Waals surface area contributed by atoms with Crippen molar-refractivity contribution < 1.29 is 0 Å². The Labute approximate surface area is 118 Å². The van der Waals surface area contributed by atoms with Gasteiger partial charge in [0, 0.05) is 32.2 Å². The van der Waals surface area contributed by atoms with E-state index in [0.717, 1.165) is 26.2 Å². The van der Waals surface area contributed by atoms with Crippen LogP contribution in [0, 0.1) is 19.3 Å². The Morgan fingerprint density at radius 3 is 2.05 bits per heavy atom. The Hall–Kier alpha value is -0.860. The lowest BCUT2D eigenvalue weighted by Crippen LogP contribution is -2.48. The summed E-state index contributed by atoms with van der Waals surface area (Å²) in [5, 5.41) is 3.46. The fourth-order valence-electron chi connectivity index (χ4n) is 3.36. The maximum atomic E-state index is 3.46. The molecule has 1 atom stereocenters. The van der Waals surface area contributed by atoms with Gasteiger partial charge in [0.05, 0.1) is 0 Å². The fourth-order valence-corrected chi connectivity index (χ4v) is 3.36. The first-order valence-corrected chi connectivity index (χ1v) is 7.42. The smallest absolute Gasteiger partial charge is 0.0402 e. The molecule has 1 aliphatic heterocycles. The highest BCUT2D eigenvalue weighted by molar-refractivity contribution is 5.37. The minimum Gasteiger partial charge on any atom is -0.314 e. The van der Waals surface area contributed by atoms with Crippen molar-refractivity contribution >= 4 is 0 Å². The highest BCUT2D eigenvalue weighted by Crippen LogP contribution is 2.40. The van der Waals surface area contributed by atoms with Crippen LogP contribution in [-0.4, -0.2) is 31.1 Å². The van der Waals surface area contributed by atoms with Gasteiger partial charge in [-0.3, -0.25) is 4.90 Å². The molecule has 1 fully saturated rings. The van der Waals surface area contributed by atoms with E-state index in [-0.39, 0.29) is 5.41 Å². The van der Waals surface area contributed by atoms with Gasteiger partial charge in [-0.15, -0.1) is 0 Å². The maximum absolute atomic E-state index is 3.46. The van der Waals surface area contributed by atoms with Crippen LogP contribution in [0.5, 0.6) is 0 Å². The Morgan fingerprint density at radius 1 is 1.05 bits per heavy atom. The second-order valence-corrected chi connectivity index (χ2v) is 6.86. The number of benzene rings is 1. The molecule has 0 amide bonds. The van der Waals surface area contributed by atoms with Gasteiger partial charge in [0.25, 0.3) is 0 Å². The zero-order valence-corrected chi connectivity index (χ0v) is 13.1. The van der Waals surface area contributed by atoms with Gasteiger partial charge in [0.2, 0.25) is 0 Å². The summed E-state index contributed by atoms with van der Waals surface area (Å²) >= 11 is 0. The normalized spacial score (nSPS) is 19.4. The van der Waals surface area contributed by atoms with Crippen LogP contribution in [0.4, 0.5) is 0 Å². The maximum Gasteiger partial charge on any atom is 0.0402 e. The molecule has 0 aromatic heterocycles. The molecule has 2 heteroatoms. The number of hydrogen-bond acceptors (Lipinski definition) is 2. The summed E-state index contributed by atoms with van der Waals surface area (Å²) in [6, 6.07) is 7.19. The molecule has 2 nitrogen and oxygen atoms in total. The molecule has 0 saturated carbocycles. The molecule has 0 aliphatic carbocycles. The van der Waals surface area contributed by atoms with Crippen LogP contribution in [-0.2, 0) is 0 Å². The summed E-state index contributed by atoms with van der Waals surface area (Å²) in [6.07, 6.45) is 0. The molecule has 0 bridgehead atoms. The number of hydrogen-bond donors (Lipinski definition) is 1. The summed E-state index contributed by atoms with van der Waals surface area (Å²) in [5.41, 5.74) is 4.66. The van der Waals surface area contributed by atoms with Gasteiger partial charge in [0.1, 0.15) is 0 Å². The molecule has 0 radical (unpaired) electrons. The minimum absolute atomic E-state index is 0.258. The van der Waals surface area contributed by atoms with Crippen molar-refractivity contribution in [2.75, 3.05) is 26.2 Å². The van der Waals surface area contributed by atoms with Crippen molar-refractivity contribution in [2.45, 2.75) is 40.7 Å². The standard InChI is InChI=1S/C17H28N2/c1-13-7-6-8-14(2)15(13)16(17(3,4)5)19-11-9-18-10-12-19/h6-8,16,18H,9-12H2,1-5H3/t16-/m0/s1. The van der Waals surface area contributed by atoms with E-state index in [1.807, 2.05) is 0 Å². The number of aryl methyl sites for hydroxylation is 2. The molecule has 1 saturated heterocycles. The van der Waals surface area contributed by atoms with Gasteiger partial charge < -0.3 is 5.32 Å². The van der Waals surface area contributed by atoms with Crippen LogP contribution in [0.2, 0.25) is 0 Å². The van der Waals surface area contributed by atoms with E-state index in [4.69, 9.17) is 0 Å². The second-order valence-electron chi connectivity index (χ2n) is 6.86. The molecule has 19 heavy (non-hydrogen) atoms. The molecule has 1 aromatic rings. The van der Waals surface area contributed by atoms with Crippen molar-refractivity contribution in [3.63, 3.8) is 0 Å². The van der Waals surface area contributed by atoms with Crippen LogP contribution in [0.3, 0.4) is 0 Å². The first-order valence-electron chi connectivity index (χ1n) is 7.42. The molecule has 2 rings (SSSR count). The summed E-state index contributed by atoms with van der Waals surface area (Å²) in [6.45, 7) is 16.1. The Morgan fingerprint density at radius 2 is 1.58 bits per heavy atom. The first kappa shape index (κ1) is 14.5. The Kier molecular flexibility index (Phi) is 4.32. The van der Waals surface area contributed by atoms with Gasteiger partial charge >= 0.3 is 0 Å². The molecule has 1 N–H and O–H groups in total. The molecular formula is C17H28N2. The van der Waals surface area contributed by atoms with Gasteiger partial charge in [-0.1, -0.05) is 39.0 Å². The van der Waals surface area contributed by atoms with Crippen molar-refractivity contribution in [1.29, 1.82) is 0 Å². The van der Waals surface area contributed by atoms with Crippen molar-refractivity contribution in [2.24, 2.45) is 5.41 Å². The largest absolute Gasteiger partial charge is 0.314 e. The molecule has 1 aliphatic rings. The molecule has 0 unspecified atom stereocenters. The van der Waals surface area contributed by atoms with E-state index in [1.165, 1.54) is 16.7 Å². The molecular weight excluding hydrogens is 232 g/mol. The predicted octanol–water partition coefficient (Wildman–Crippen LogP) is 3.30. The quantitative estimate of drug-likeness (QED) is 0.878. The van der Waals surface area contributed by atoms with Crippen molar-refractivity contribution in [3.05, 3.63) is 34.9 Å². The predicted molar refractivity (Wildman–Crippen MR) is 82.6 cm³/mol. The molecule has 0 spiro atoms. The van der Waals surface area contributed by atoms with Gasteiger partial charge in [-0.05, 0) is 36.0 Å². The van der Waals surface area contributed by atoms with Gasteiger partial charge in [-0.25, -0.2) is 0 Å². The third-order valence-electron chi connectivity index (χ3n) is 4.15. The number of nitrogens with zero attached hydrogens (tertiary/aromatic N) is 1. The van der Waals surface area contributed by atoms with Crippen molar-refractivity contribution in [1.82, 2.24) is 10.2 Å². The van der Waals surface area contributed by atoms with E-state index in [2.05, 4.69) is 63.0 Å². The number of nitrogens with one attached hydrogen (secondary N) is 1. The molecule has 106 valence electrons. The van der Waals surface area contributed by atoms with Crippen molar-refractivity contribution in [3.8, 4) is 0 Å². The summed E-state index contributed by atoms with van der Waals surface area (Å²) < 4.78 is 0. The average Bonchev–Trinajstić information content (AvgIpc) is 2.33. The van der Waals surface area contributed by atoms with Gasteiger partial charge in [-0.2, -0.15) is 0 Å². The van der Waals surface area contributed by atoms with E-state index < -0.39 is 0 Å². The van der Waals surface area contributed by atoms with E-state index in [9.17, 15) is 0 Å². The first-order chi connectivity index (χ1) is 8.91. The summed E-state index contributed by atoms with van der Waals surface area (Å²) in [5.74, 6) is 0. The van der Waals surface area contributed by atoms with Crippen LogP contribution in [0.1, 0.15) is 43.5 Å². The van der Waals surface area contributed by atoms with Crippen LogP contribution in [0.25, 0.3) is 0 Å². The molecule has 1 aromatic carbocycles. The van der Waals surface area contributed by atoms with E-state index in [1.54, 1.807) is 0 Å². The second kappa shape index (κ2) is 5.64. The zero-order valence-electron chi connectivity index (χ0n) is 13.1. The lowest BCUT2D eigenvalue weighted by molar-refractivity contribution is 0.0853. The monoisotopic (exact) mass is 260 g/mol. The van der Waals surface area contributed by atoms with Gasteiger partial charge in [0.15, 0.2) is 0 Å².